The molecule has 1 atom stereocenters. The van der Waals surface area contributed by atoms with Crippen molar-refractivity contribution in [2.45, 2.75) is 26.8 Å². The van der Waals surface area contributed by atoms with Gasteiger partial charge in [-0.05, 0) is 12.5 Å². The van der Waals surface area contributed by atoms with Crippen molar-refractivity contribution in [3.8, 4) is 0 Å². The number of hydrogen-bond acceptors (Lipinski definition) is 6. The lowest BCUT2D eigenvalue weighted by Crippen LogP contribution is -2.34. The number of thiazole rings is 1. The van der Waals surface area contributed by atoms with Crippen molar-refractivity contribution in [1.29, 1.82) is 0 Å². The molecule has 1 aliphatic heterocycles. The number of amides is 1. The van der Waals surface area contributed by atoms with Gasteiger partial charge >= 0.3 is 0 Å². The summed E-state index contributed by atoms with van der Waals surface area (Å²) >= 11 is 3.12. The fourth-order valence-electron chi connectivity index (χ4n) is 2.57. The zero-order valence-electron chi connectivity index (χ0n) is 15.3. The monoisotopic (exact) mass is 389 g/mol. The number of carbonyl (C=O) groups excluding carboxylic acids is 1. The summed E-state index contributed by atoms with van der Waals surface area (Å²) in [5.74, 6) is 0.471. The molecule has 2 heterocycles. The third kappa shape index (κ3) is 4.16. The highest BCUT2D eigenvalue weighted by atomic mass is 32.2. The number of aliphatic hydroxyl groups excluding tert-OH is 1. The van der Waals surface area contributed by atoms with Crippen LogP contribution >= 0.6 is 23.1 Å². The highest BCUT2D eigenvalue weighted by Crippen LogP contribution is 2.39. The van der Waals surface area contributed by atoms with Crippen molar-refractivity contribution in [3.05, 3.63) is 58.2 Å². The lowest BCUT2D eigenvalue weighted by molar-refractivity contribution is -0.122. The van der Waals surface area contributed by atoms with Crippen LogP contribution < -0.4 is 0 Å². The van der Waals surface area contributed by atoms with E-state index in [4.69, 9.17) is 0 Å². The molecule has 7 heteroatoms. The third-order valence-electron chi connectivity index (χ3n) is 3.71. The Balaban J connectivity index is 0.00000117. The molecule has 3 rings (SSSR count). The minimum Gasteiger partial charge on any atom is -0.515 e. The van der Waals surface area contributed by atoms with Crippen LogP contribution in [0.2, 0.25) is 0 Å². The van der Waals surface area contributed by atoms with E-state index in [0.29, 0.717) is 10.7 Å². The molecule has 1 amide bonds. The van der Waals surface area contributed by atoms with Crippen LogP contribution in [-0.4, -0.2) is 38.9 Å². The van der Waals surface area contributed by atoms with E-state index in [2.05, 4.69) is 9.98 Å². The van der Waals surface area contributed by atoms with Crippen LogP contribution in [0.15, 0.2) is 47.8 Å². The zero-order chi connectivity index (χ0) is 19.1. The highest BCUT2D eigenvalue weighted by Gasteiger charge is 2.38. The number of rotatable bonds is 3. The second kappa shape index (κ2) is 9.54. The number of aliphatic imine (C=N–C) groups is 1. The standard InChI is InChI=1S/C17H17N3O2S2.C2H6/c1-11-19-8-15(24-11)14-10-23-17(18-2)20(14)16(22)13(9-21)12-6-4-3-5-7-12;1-2/h3-9,14,21H,10H2,1-2H3;1-2H3/b13-9+,18-17?;. The van der Waals surface area contributed by atoms with Crippen molar-refractivity contribution in [2.75, 3.05) is 12.8 Å². The number of carbonyl (C=O) groups is 1. The maximum Gasteiger partial charge on any atom is 0.264 e. The molecular formula is C19H23N3O2S2. The number of hydrogen-bond donors (Lipinski definition) is 1. The molecule has 1 aromatic carbocycles. The Hall–Kier alpha value is -2.12. The topological polar surface area (TPSA) is 65.8 Å². The minimum absolute atomic E-state index is 0.119. The Bertz CT molecular complexity index is 800. The summed E-state index contributed by atoms with van der Waals surface area (Å²) in [6, 6.07) is 9.03. The number of benzene rings is 1. The Morgan fingerprint density at radius 1 is 1.35 bits per heavy atom. The van der Waals surface area contributed by atoms with Crippen molar-refractivity contribution < 1.29 is 9.90 Å². The van der Waals surface area contributed by atoms with Gasteiger partial charge in [0, 0.05) is 23.9 Å². The molecule has 1 fully saturated rings. The van der Waals surface area contributed by atoms with Crippen molar-refractivity contribution in [3.63, 3.8) is 0 Å². The van der Waals surface area contributed by atoms with Gasteiger partial charge in [-0.3, -0.25) is 14.7 Å². The van der Waals surface area contributed by atoms with E-state index in [0.717, 1.165) is 21.9 Å². The first-order valence-electron chi connectivity index (χ1n) is 8.41. The molecule has 1 N–H and O–H groups in total. The average molecular weight is 390 g/mol. The minimum atomic E-state index is -0.259. The van der Waals surface area contributed by atoms with Gasteiger partial charge in [-0.25, -0.2) is 4.98 Å². The molecule has 1 saturated heterocycles. The van der Waals surface area contributed by atoms with Crippen LogP contribution in [0.5, 0.6) is 0 Å². The number of amidine groups is 1. The molecule has 138 valence electrons. The zero-order valence-corrected chi connectivity index (χ0v) is 17.0. The van der Waals surface area contributed by atoms with E-state index >= 15 is 0 Å². The van der Waals surface area contributed by atoms with E-state index in [-0.39, 0.29) is 17.5 Å². The summed E-state index contributed by atoms with van der Waals surface area (Å²) in [6.07, 6.45) is 2.69. The van der Waals surface area contributed by atoms with Crippen LogP contribution in [0, 0.1) is 6.92 Å². The number of nitrogens with zero attached hydrogens (tertiary/aromatic N) is 3. The lowest BCUT2D eigenvalue weighted by atomic mass is 10.1. The summed E-state index contributed by atoms with van der Waals surface area (Å²) in [7, 11) is 1.67. The predicted molar refractivity (Wildman–Crippen MR) is 111 cm³/mol. The maximum atomic E-state index is 13.1. The van der Waals surface area contributed by atoms with E-state index in [1.807, 2.05) is 45.2 Å². The normalized spacial score (nSPS) is 18.6. The van der Waals surface area contributed by atoms with E-state index < -0.39 is 0 Å². The largest absolute Gasteiger partial charge is 0.515 e. The maximum absolute atomic E-state index is 13.1. The highest BCUT2D eigenvalue weighted by molar-refractivity contribution is 8.14. The number of aryl methyl sites for hydroxylation is 1. The van der Waals surface area contributed by atoms with Gasteiger partial charge in [-0.2, -0.15) is 0 Å². The summed E-state index contributed by atoms with van der Waals surface area (Å²) in [5, 5.41) is 11.3. The summed E-state index contributed by atoms with van der Waals surface area (Å²) in [4.78, 5) is 24.3. The Morgan fingerprint density at radius 2 is 2.04 bits per heavy atom. The second-order valence-corrected chi connectivity index (χ2v) is 7.45. The van der Waals surface area contributed by atoms with Gasteiger partial charge in [0.1, 0.15) is 0 Å². The molecule has 0 radical (unpaired) electrons. The van der Waals surface area contributed by atoms with Gasteiger partial charge in [0.05, 0.1) is 22.9 Å². The van der Waals surface area contributed by atoms with Crippen LogP contribution in [0.1, 0.15) is 35.3 Å². The van der Waals surface area contributed by atoms with E-state index in [1.165, 1.54) is 11.8 Å². The van der Waals surface area contributed by atoms with Gasteiger partial charge in [0.25, 0.3) is 5.91 Å². The second-order valence-electron chi connectivity index (χ2n) is 5.20. The number of thioether (sulfide) groups is 1. The van der Waals surface area contributed by atoms with Crippen LogP contribution in [0.3, 0.4) is 0 Å². The predicted octanol–water partition coefficient (Wildman–Crippen LogP) is 4.68. The molecular weight excluding hydrogens is 366 g/mol. The Kier molecular flexibility index (Phi) is 7.41. The van der Waals surface area contributed by atoms with Gasteiger partial charge in [0.15, 0.2) is 5.17 Å². The molecule has 0 aliphatic carbocycles. The molecule has 0 bridgehead atoms. The van der Waals surface area contributed by atoms with Gasteiger partial charge in [-0.15, -0.1) is 11.3 Å². The molecule has 26 heavy (non-hydrogen) atoms. The summed E-state index contributed by atoms with van der Waals surface area (Å²) in [5.41, 5.74) is 0.932. The SMILES string of the molecule is CC.CN=C1SCC(c2cnc(C)s2)N1C(=O)/C(=C/O)c1ccccc1. The van der Waals surface area contributed by atoms with Crippen LogP contribution in [-0.2, 0) is 4.79 Å². The van der Waals surface area contributed by atoms with Crippen molar-refractivity contribution >= 4 is 39.7 Å². The average Bonchev–Trinajstić information content (AvgIpc) is 3.30. The summed E-state index contributed by atoms with van der Waals surface area (Å²) < 4.78 is 0. The molecule has 1 aromatic heterocycles. The molecule has 1 unspecified atom stereocenters. The first-order chi connectivity index (χ1) is 12.7. The molecule has 5 nitrogen and oxygen atoms in total. The van der Waals surface area contributed by atoms with Gasteiger partial charge in [-0.1, -0.05) is 55.9 Å². The molecule has 0 spiro atoms. The molecule has 1 aliphatic rings. The first kappa shape index (κ1) is 20.2. The molecule has 2 aromatic rings. The quantitative estimate of drug-likeness (QED) is 0.611. The number of aromatic nitrogens is 1. The fraction of sp³-hybridized carbons (Fsp3) is 0.316. The third-order valence-corrected chi connectivity index (χ3v) is 5.84. The lowest BCUT2D eigenvalue weighted by Gasteiger charge is -2.24. The van der Waals surface area contributed by atoms with Crippen LogP contribution in [0.4, 0.5) is 0 Å². The smallest absolute Gasteiger partial charge is 0.264 e. The molecule has 0 saturated carbocycles. The van der Waals surface area contributed by atoms with E-state index in [1.54, 1.807) is 35.4 Å². The Labute approximate surface area is 162 Å². The number of aliphatic hydroxyl groups is 1. The van der Waals surface area contributed by atoms with Crippen LogP contribution in [0.25, 0.3) is 5.57 Å². The van der Waals surface area contributed by atoms with Crippen molar-refractivity contribution in [2.24, 2.45) is 4.99 Å². The first-order valence-corrected chi connectivity index (χ1v) is 10.2. The van der Waals surface area contributed by atoms with Crippen molar-refractivity contribution in [1.82, 2.24) is 9.88 Å². The van der Waals surface area contributed by atoms with E-state index in [9.17, 15) is 9.90 Å². The fourth-order valence-corrected chi connectivity index (χ4v) is 4.67. The van der Waals surface area contributed by atoms with Gasteiger partial charge in [0.2, 0.25) is 0 Å². The Morgan fingerprint density at radius 3 is 2.58 bits per heavy atom. The van der Waals surface area contributed by atoms with Gasteiger partial charge < -0.3 is 5.11 Å². The summed E-state index contributed by atoms with van der Waals surface area (Å²) in [6.45, 7) is 5.94.